The molecule has 0 unspecified atom stereocenters. The van der Waals surface area contributed by atoms with E-state index in [0.717, 1.165) is 42.7 Å². The molecule has 0 saturated heterocycles. The van der Waals surface area contributed by atoms with Crippen LogP contribution in [0.2, 0.25) is 0 Å². The Bertz CT molecular complexity index is 3040. The van der Waals surface area contributed by atoms with Crippen LogP contribution in [-0.4, -0.2) is 0 Å². The Balaban J connectivity index is 0.881. The zero-order chi connectivity index (χ0) is 39.4. The molecule has 9 aromatic carbocycles. The molecule has 0 fully saturated rings. The standard InChI is InChI=1S/C59H41N/c1-3-13-46(14-4-1)60(47-15-5-2-6-16-47)48-30-27-38(28-31-48)44-33-40-23-25-42-35-45(36-43-26-24-41(34-44)57(40)58(42)43)39-29-32-52-51-19-9-12-22-55(51)59(56(52)37-39)53-20-10-7-17-49(53)50-18-8-11-21-54(50)59/h1-22,27-37H,23-26H2. The van der Waals surface area contributed by atoms with Crippen LogP contribution in [0, 0.1) is 0 Å². The second-order valence-corrected chi connectivity index (χ2v) is 17.0. The molecule has 0 aliphatic heterocycles. The first-order chi connectivity index (χ1) is 29.7. The van der Waals surface area contributed by atoms with Crippen LogP contribution in [0.3, 0.4) is 0 Å². The van der Waals surface area contributed by atoms with Crippen LogP contribution in [0.15, 0.2) is 200 Å². The fraction of sp³-hybridized carbons (Fsp3) is 0.0847. The van der Waals surface area contributed by atoms with E-state index in [2.05, 4.69) is 205 Å². The first-order valence-corrected chi connectivity index (χ1v) is 21.5. The first-order valence-electron chi connectivity index (χ1n) is 21.5. The number of hydrogen-bond acceptors (Lipinski definition) is 1. The summed E-state index contributed by atoms with van der Waals surface area (Å²) in [5.74, 6) is 0. The fourth-order valence-corrected chi connectivity index (χ4v) is 11.5. The predicted molar refractivity (Wildman–Crippen MR) is 249 cm³/mol. The molecular formula is C59H41N. The molecule has 0 N–H and O–H groups in total. The van der Waals surface area contributed by atoms with Gasteiger partial charge in [0.1, 0.15) is 0 Å². The summed E-state index contributed by atoms with van der Waals surface area (Å²) in [5.41, 5.74) is 28.4. The lowest BCUT2D eigenvalue weighted by Gasteiger charge is -2.32. The largest absolute Gasteiger partial charge is 0.311 e. The fourth-order valence-electron chi connectivity index (χ4n) is 11.5. The van der Waals surface area contributed by atoms with Gasteiger partial charge in [-0.3, -0.25) is 0 Å². The van der Waals surface area contributed by atoms with E-state index in [1.54, 1.807) is 0 Å². The number of aryl methyl sites for hydroxylation is 4. The minimum atomic E-state index is -0.327. The molecule has 60 heavy (non-hydrogen) atoms. The third kappa shape index (κ3) is 4.75. The van der Waals surface area contributed by atoms with Crippen molar-refractivity contribution in [3.8, 4) is 55.6 Å². The van der Waals surface area contributed by atoms with Gasteiger partial charge in [0.15, 0.2) is 0 Å². The van der Waals surface area contributed by atoms with Gasteiger partial charge in [0.2, 0.25) is 0 Å². The lowest BCUT2D eigenvalue weighted by Crippen LogP contribution is -2.25. The molecule has 0 aromatic heterocycles. The molecule has 1 nitrogen and oxygen atoms in total. The highest BCUT2D eigenvalue weighted by atomic mass is 15.1. The summed E-state index contributed by atoms with van der Waals surface area (Å²) in [5, 5.41) is 0. The number of hydrogen-bond donors (Lipinski definition) is 0. The monoisotopic (exact) mass is 763 g/mol. The van der Waals surface area contributed by atoms with Crippen LogP contribution in [0.1, 0.15) is 44.5 Å². The van der Waals surface area contributed by atoms with Crippen LogP contribution in [0.25, 0.3) is 55.6 Å². The second-order valence-electron chi connectivity index (χ2n) is 17.0. The summed E-state index contributed by atoms with van der Waals surface area (Å²) in [6.07, 6.45) is 4.26. The van der Waals surface area contributed by atoms with Gasteiger partial charge in [-0.1, -0.05) is 158 Å². The van der Waals surface area contributed by atoms with Gasteiger partial charge in [-0.05, 0) is 168 Å². The topological polar surface area (TPSA) is 3.24 Å². The minimum absolute atomic E-state index is 0.327. The maximum absolute atomic E-state index is 2.55. The SMILES string of the molecule is c1ccc(N(c2ccccc2)c2ccc(-c3cc4c5c(c3)CCc3cc(-c6ccc7c(c6)C6(c8ccccc8-c8ccccc86)c6ccccc6-7)cc(c3-5)CC4)cc2)cc1. The number of nitrogens with zero attached hydrogens (tertiary/aromatic N) is 1. The highest BCUT2D eigenvalue weighted by molar-refractivity contribution is 5.96. The average molecular weight is 764 g/mol. The van der Waals surface area contributed by atoms with Crippen molar-refractivity contribution in [1.29, 1.82) is 0 Å². The van der Waals surface area contributed by atoms with Crippen molar-refractivity contribution in [1.82, 2.24) is 0 Å². The first kappa shape index (κ1) is 33.7. The zero-order valence-corrected chi connectivity index (χ0v) is 33.3. The molecule has 0 amide bonds. The third-order valence-corrected chi connectivity index (χ3v) is 14.0. The van der Waals surface area contributed by atoms with Crippen molar-refractivity contribution in [2.24, 2.45) is 0 Å². The van der Waals surface area contributed by atoms with Crippen LogP contribution >= 0.6 is 0 Å². The summed E-state index contributed by atoms with van der Waals surface area (Å²) >= 11 is 0. The van der Waals surface area contributed by atoms with Gasteiger partial charge in [0.05, 0.1) is 5.41 Å². The van der Waals surface area contributed by atoms with Crippen molar-refractivity contribution < 1.29 is 0 Å². The molecule has 1 heteroatoms. The molecule has 0 atom stereocenters. The summed E-state index contributed by atoms with van der Waals surface area (Å²) < 4.78 is 0. The third-order valence-electron chi connectivity index (χ3n) is 14.0. The molecule has 4 aliphatic rings. The van der Waals surface area contributed by atoms with E-state index in [9.17, 15) is 0 Å². The highest BCUT2D eigenvalue weighted by Gasteiger charge is 2.51. The van der Waals surface area contributed by atoms with Crippen LogP contribution in [-0.2, 0) is 31.1 Å². The Morgan fingerprint density at radius 1 is 0.283 bits per heavy atom. The van der Waals surface area contributed by atoms with Gasteiger partial charge in [0.25, 0.3) is 0 Å². The van der Waals surface area contributed by atoms with E-state index in [1.807, 2.05) is 0 Å². The molecule has 9 aromatic rings. The van der Waals surface area contributed by atoms with Gasteiger partial charge in [-0.25, -0.2) is 0 Å². The van der Waals surface area contributed by atoms with Gasteiger partial charge in [0, 0.05) is 17.1 Å². The number of benzene rings is 9. The summed E-state index contributed by atoms with van der Waals surface area (Å²) in [7, 11) is 0. The Morgan fingerprint density at radius 2 is 0.650 bits per heavy atom. The van der Waals surface area contributed by atoms with Crippen molar-refractivity contribution in [3.63, 3.8) is 0 Å². The number of fused-ring (bicyclic) bond motifs is 10. The van der Waals surface area contributed by atoms with E-state index in [1.165, 1.54) is 100 Å². The summed E-state index contributed by atoms with van der Waals surface area (Å²) in [6, 6.07) is 75.2. The zero-order valence-electron chi connectivity index (χ0n) is 33.3. The molecule has 0 saturated carbocycles. The number of rotatable bonds is 5. The quantitative estimate of drug-likeness (QED) is 0.169. The Hall–Kier alpha value is -7.22. The van der Waals surface area contributed by atoms with Crippen molar-refractivity contribution in [3.05, 3.63) is 245 Å². The Morgan fingerprint density at radius 3 is 1.12 bits per heavy atom. The normalized spacial score (nSPS) is 14.2. The maximum atomic E-state index is 2.55. The molecule has 1 spiro atoms. The average Bonchev–Trinajstić information content (AvgIpc) is 3.79. The molecule has 0 radical (unpaired) electrons. The molecule has 282 valence electrons. The minimum Gasteiger partial charge on any atom is -0.311 e. The highest BCUT2D eigenvalue weighted by Crippen LogP contribution is 2.63. The molecular weight excluding hydrogens is 723 g/mol. The Kier molecular flexibility index (Phi) is 7.24. The molecule has 0 bridgehead atoms. The number of anilines is 3. The molecule has 13 rings (SSSR count). The molecule has 4 aliphatic carbocycles. The van der Waals surface area contributed by atoms with Crippen molar-refractivity contribution in [2.75, 3.05) is 4.90 Å². The Labute approximate surface area is 351 Å². The van der Waals surface area contributed by atoms with Crippen molar-refractivity contribution >= 4 is 17.1 Å². The lowest BCUT2D eigenvalue weighted by molar-refractivity contribution is 0.794. The van der Waals surface area contributed by atoms with Gasteiger partial charge < -0.3 is 4.90 Å². The van der Waals surface area contributed by atoms with E-state index in [4.69, 9.17) is 0 Å². The smallest absolute Gasteiger partial charge is 0.0725 e. The second kappa shape index (κ2) is 12.9. The van der Waals surface area contributed by atoms with E-state index >= 15 is 0 Å². The van der Waals surface area contributed by atoms with E-state index in [-0.39, 0.29) is 5.41 Å². The van der Waals surface area contributed by atoms with Crippen molar-refractivity contribution in [2.45, 2.75) is 31.1 Å². The van der Waals surface area contributed by atoms with Gasteiger partial charge >= 0.3 is 0 Å². The lowest BCUT2D eigenvalue weighted by atomic mass is 9.70. The van der Waals surface area contributed by atoms with Gasteiger partial charge in [-0.15, -0.1) is 0 Å². The van der Waals surface area contributed by atoms with E-state index < -0.39 is 0 Å². The summed E-state index contributed by atoms with van der Waals surface area (Å²) in [6.45, 7) is 0. The molecule has 0 heterocycles. The predicted octanol–water partition coefficient (Wildman–Crippen LogP) is 14.7. The summed E-state index contributed by atoms with van der Waals surface area (Å²) in [4.78, 5) is 2.33. The maximum Gasteiger partial charge on any atom is 0.0725 e. The number of para-hydroxylation sites is 2. The van der Waals surface area contributed by atoms with Gasteiger partial charge in [-0.2, -0.15) is 0 Å². The van der Waals surface area contributed by atoms with Crippen LogP contribution in [0.4, 0.5) is 17.1 Å². The van der Waals surface area contributed by atoms with Crippen LogP contribution < -0.4 is 4.90 Å². The van der Waals surface area contributed by atoms with Crippen LogP contribution in [0.5, 0.6) is 0 Å². The van der Waals surface area contributed by atoms with E-state index in [0.29, 0.717) is 0 Å².